The number of rotatable bonds is 6. The van der Waals surface area contributed by atoms with E-state index in [9.17, 15) is 4.79 Å². The van der Waals surface area contributed by atoms with Crippen LogP contribution in [0, 0.1) is 0 Å². The molecule has 1 fully saturated rings. The van der Waals surface area contributed by atoms with Crippen molar-refractivity contribution in [1.82, 2.24) is 10.6 Å². The minimum absolute atomic E-state index is 0.0818. The Morgan fingerprint density at radius 1 is 1.59 bits per heavy atom. The molecule has 3 atom stereocenters. The minimum atomic E-state index is -0.166. The largest absolute Gasteiger partial charge is 0.377 e. The van der Waals surface area contributed by atoms with Crippen LogP contribution in [-0.4, -0.2) is 36.7 Å². The maximum atomic E-state index is 11.8. The summed E-state index contributed by atoms with van der Waals surface area (Å²) in [6.07, 6.45) is 3.26. The molecule has 17 heavy (non-hydrogen) atoms. The fourth-order valence-electron chi connectivity index (χ4n) is 2.13. The van der Waals surface area contributed by atoms with Gasteiger partial charge in [0.05, 0.1) is 12.1 Å². The first kappa shape index (κ1) is 14.5. The van der Waals surface area contributed by atoms with Crippen molar-refractivity contribution in [3.63, 3.8) is 0 Å². The Bertz CT molecular complexity index is 258. The molecule has 0 aliphatic carbocycles. The van der Waals surface area contributed by atoms with Gasteiger partial charge in [0.25, 0.3) is 0 Å². The van der Waals surface area contributed by atoms with Crippen molar-refractivity contribution in [2.45, 2.75) is 64.6 Å². The first-order valence-electron chi connectivity index (χ1n) is 6.66. The molecule has 4 nitrogen and oxygen atoms in total. The summed E-state index contributed by atoms with van der Waals surface area (Å²) in [5.41, 5.74) is -0.0818. The molecule has 0 saturated carbocycles. The smallest absolute Gasteiger partial charge is 0.236 e. The predicted molar refractivity (Wildman–Crippen MR) is 69.0 cm³/mol. The van der Waals surface area contributed by atoms with Gasteiger partial charge < -0.3 is 10.1 Å². The van der Waals surface area contributed by atoms with E-state index in [0.29, 0.717) is 0 Å². The van der Waals surface area contributed by atoms with Gasteiger partial charge in [-0.2, -0.15) is 0 Å². The lowest BCUT2D eigenvalue weighted by Crippen LogP contribution is -2.56. The quantitative estimate of drug-likeness (QED) is 0.693. The van der Waals surface area contributed by atoms with Crippen LogP contribution in [-0.2, 0) is 9.53 Å². The fraction of sp³-hybridized carbons (Fsp3) is 0.923. The van der Waals surface area contributed by atoms with Crippen LogP contribution in [0.4, 0.5) is 0 Å². The van der Waals surface area contributed by atoms with Gasteiger partial charge in [0.1, 0.15) is 0 Å². The van der Waals surface area contributed by atoms with E-state index in [2.05, 4.69) is 31.4 Å². The maximum absolute atomic E-state index is 11.8. The van der Waals surface area contributed by atoms with Crippen LogP contribution in [0.5, 0.6) is 0 Å². The zero-order chi connectivity index (χ0) is 12.9. The first-order valence-corrected chi connectivity index (χ1v) is 6.66. The number of hydrogen-bond donors (Lipinski definition) is 2. The Labute approximate surface area is 104 Å². The second kappa shape index (κ2) is 6.36. The van der Waals surface area contributed by atoms with Gasteiger partial charge in [0.2, 0.25) is 5.91 Å². The zero-order valence-corrected chi connectivity index (χ0v) is 11.5. The standard InChI is InChI=1S/C13H26N2O2/c1-5-6-8-14-12(16)10(2)15-13(4)7-9-17-11(13)3/h10-11,15H,5-9H2,1-4H3,(H,14,16). The molecule has 3 unspecified atom stereocenters. The highest BCUT2D eigenvalue weighted by Gasteiger charge is 2.38. The summed E-state index contributed by atoms with van der Waals surface area (Å²) in [6.45, 7) is 9.76. The summed E-state index contributed by atoms with van der Waals surface area (Å²) in [6, 6.07) is -0.166. The molecule has 0 spiro atoms. The summed E-state index contributed by atoms with van der Waals surface area (Å²) < 4.78 is 5.55. The number of unbranched alkanes of at least 4 members (excludes halogenated alkanes) is 1. The van der Waals surface area contributed by atoms with Crippen LogP contribution in [0.2, 0.25) is 0 Å². The van der Waals surface area contributed by atoms with E-state index in [1.807, 2.05) is 6.92 Å². The van der Waals surface area contributed by atoms with Gasteiger partial charge in [-0.1, -0.05) is 13.3 Å². The molecule has 1 saturated heterocycles. The van der Waals surface area contributed by atoms with Crippen LogP contribution in [0.3, 0.4) is 0 Å². The lowest BCUT2D eigenvalue weighted by Gasteiger charge is -2.32. The van der Waals surface area contributed by atoms with Crippen molar-refractivity contribution in [3.05, 3.63) is 0 Å². The number of ether oxygens (including phenoxy) is 1. The molecule has 0 bridgehead atoms. The molecule has 4 heteroatoms. The van der Waals surface area contributed by atoms with E-state index in [0.717, 1.165) is 32.4 Å². The Hall–Kier alpha value is -0.610. The van der Waals surface area contributed by atoms with Gasteiger partial charge in [0, 0.05) is 18.7 Å². The lowest BCUT2D eigenvalue weighted by molar-refractivity contribution is -0.123. The molecule has 0 aromatic rings. The molecule has 2 N–H and O–H groups in total. The van der Waals surface area contributed by atoms with Crippen molar-refractivity contribution in [2.75, 3.05) is 13.2 Å². The number of amides is 1. The maximum Gasteiger partial charge on any atom is 0.236 e. The van der Waals surface area contributed by atoms with E-state index in [-0.39, 0.29) is 23.6 Å². The number of carbonyl (C=O) groups is 1. The molecule has 0 aromatic carbocycles. The Morgan fingerprint density at radius 3 is 2.82 bits per heavy atom. The Morgan fingerprint density at radius 2 is 2.29 bits per heavy atom. The van der Waals surface area contributed by atoms with Crippen molar-refractivity contribution >= 4 is 5.91 Å². The highest BCUT2D eigenvalue weighted by molar-refractivity contribution is 5.81. The van der Waals surface area contributed by atoms with E-state index < -0.39 is 0 Å². The molecular formula is C13H26N2O2. The predicted octanol–water partition coefficient (Wildman–Crippen LogP) is 1.45. The summed E-state index contributed by atoms with van der Waals surface area (Å²) in [5, 5.41) is 6.34. The summed E-state index contributed by atoms with van der Waals surface area (Å²) >= 11 is 0. The van der Waals surface area contributed by atoms with Crippen LogP contribution < -0.4 is 10.6 Å². The highest BCUT2D eigenvalue weighted by Crippen LogP contribution is 2.25. The average molecular weight is 242 g/mol. The normalized spacial score (nSPS) is 30.2. The first-order chi connectivity index (χ1) is 7.99. The zero-order valence-electron chi connectivity index (χ0n) is 11.5. The minimum Gasteiger partial charge on any atom is -0.377 e. The summed E-state index contributed by atoms with van der Waals surface area (Å²) in [7, 11) is 0. The van der Waals surface area contributed by atoms with Gasteiger partial charge in [-0.15, -0.1) is 0 Å². The molecule has 1 amide bonds. The third-order valence-electron chi connectivity index (χ3n) is 3.66. The molecule has 1 rings (SSSR count). The molecule has 0 radical (unpaired) electrons. The van der Waals surface area contributed by atoms with Crippen molar-refractivity contribution < 1.29 is 9.53 Å². The van der Waals surface area contributed by atoms with Crippen LogP contribution in [0.25, 0.3) is 0 Å². The third kappa shape index (κ3) is 3.96. The third-order valence-corrected chi connectivity index (χ3v) is 3.66. The topological polar surface area (TPSA) is 50.4 Å². The van der Waals surface area contributed by atoms with Crippen molar-refractivity contribution in [2.24, 2.45) is 0 Å². The summed E-state index contributed by atoms with van der Waals surface area (Å²) in [5.74, 6) is 0.0822. The van der Waals surface area contributed by atoms with Gasteiger partial charge in [-0.05, 0) is 33.6 Å². The second-order valence-electron chi connectivity index (χ2n) is 5.19. The van der Waals surface area contributed by atoms with Crippen LogP contribution >= 0.6 is 0 Å². The molecule has 1 aliphatic heterocycles. The summed E-state index contributed by atoms with van der Waals surface area (Å²) in [4.78, 5) is 11.8. The molecule has 0 aromatic heterocycles. The second-order valence-corrected chi connectivity index (χ2v) is 5.19. The van der Waals surface area contributed by atoms with Gasteiger partial charge >= 0.3 is 0 Å². The molecular weight excluding hydrogens is 216 g/mol. The molecule has 1 heterocycles. The van der Waals surface area contributed by atoms with E-state index >= 15 is 0 Å². The van der Waals surface area contributed by atoms with Crippen LogP contribution in [0.15, 0.2) is 0 Å². The van der Waals surface area contributed by atoms with Crippen LogP contribution in [0.1, 0.15) is 47.0 Å². The Balaban J connectivity index is 2.37. The van der Waals surface area contributed by atoms with Gasteiger partial charge in [-0.25, -0.2) is 0 Å². The van der Waals surface area contributed by atoms with Crippen molar-refractivity contribution in [3.8, 4) is 0 Å². The number of carbonyl (C=O) groups excluding carboxylic acids is 1. The SMILES string of the molecule is CCCCNC(=O)C(C)NC1(C)CCOC1C. The van der Waals surface area contributed by atoms with Gasteiger partial charge in [-0.3, -0.25) is 10.1 Å². The van der Waals surface area contributed by atoms with Crippen molar-refractivity contribution in [1.29, 1.82) is 0 Å². The van der Waals surface area contributed by atoms with Gasteiger partial charge in [0.15, 0.2) is 0 Å². The Kier molecular flexibility index (Phi) is 5.40. The number of nitrogens with one attached hydrogen (secondary N) is 2. The fourth-order valence-corrected chi connectivity index (χ4v) is 2.13. The van der Waals surface area contributed by atoms with E-state index in [1.54, 1.807) is 0 Å². The van der Waals surface area contributed by atoms with E-state index in [1.165, 1.54) is 0 Å². The average Bonchev–Trinajstić information content (AvgIpc) is 2.59. The monoisotopic (exact) mass is 242 g/mol. The lowest BCUT2D eigenvalue weighted by atomic mass is 9.93. The number of hydrogen-bond acceptors (Lipinski definition) is 3. The molecule has 1 aliphatic rings. The highest BCUT2D eigenvalue weighted by atomic mass is 16.5. The molecule has 100 valence electrons. The van der Waals surface area contributed by atoms with E-state index in [4.69, 9.17) is 4.74 Å².